The summed E-state index contributed by atoms with van der Waals surface area (Å²) in [4.78, 5) is 16.3. The van der Waals surface area contributed by atoms with Gasteiger partial charge < -0.3 is 4.57 Å². The molecule has 5 nitrogen and oxygen atoms in total. The van der Waals surface area contributed by atoms with E-state index in [0.29, 0.717) is 15.9 Å². The molecule has 17 heavy (non-hydrogen) atoms. The molecule has 0 radical (unpaired) electrons. The quantitative estimate of drug-likeness (QED) is 0.811. The standard InChI is InChI=1S/C11H13BrN4O/c1-3-4-16-10(8(12)5-14-16)11(17)9-6-15(2)7-13-9/h5-7H,3-4H2,1-2H3. The topological polar surface area (TPSA) is 52.7 Å². The third-order valence-corrected chi connectivity index (χ3v) is 2.96. The van der Waals surface area contributed by atoms with Crippen LogP contribution in [0.5, 0.6) is 0 Å². The Kier molecular flexibility index (Phi) is 3.42. The lowest BCUT2D eigenvalue weighted by molar-refractivity contribution is 0.102. The molecule has 0 spiro atoms. The van der Waals surface area contributed by atoms with Crippen LogP contribution in [0.25, 0.3) is 0 Å². The van der Waals surface area contributed by atoms with E-state index in [9.17, 15) is 4.79 Å². The Balaban J connectivity index is 2.39. The zero-order valence-corrected chi connectivity index (χ0v) is 11.3. The lowest BCUT2D eigenvalue weighted by Crippen LogP contribution is -2.12. The SMILES string of the molecule is CCCn1ncc(Br)c1C(=O)c1cn(C)cn1. The number of aryl methyl sites for hydroxylation is 2. The van der Waals surface area contributed by atoms with Crippen LogP contribution in [-0.2, 0) is 13.6 Å². The maximum Gasteiger partial charge on any atom is 0.232 e. The molecule has 0 aliphatic heterocycles. The van der Waals surface area contributed by atoms with E-state index >= 15 is 0 Å². The smallest absolute Gasteiger partial charge is 0.232 e. The minimum absolute atomic E-state index is 0.108. The van der Waals surface area contributed by atoms with Crippen LogP contribution >= 0.6 is 15.9 Å². The molecule has 0 fully saturated rings. The number of hydrogen-bond donors (Lipinski definition) is 0. The van der Waals surface area contributed by atoms with Crippen molar-refractivity contribution in [1.29, 1.82) is 0 Å². The molecule has 2 heterocycles. The predicted octanol–water partition coefficient (Wildman–Crippen LogP) is 2.02. The van der Waals surface area contributed by atoms with E-state index in [2.05, 4.69) is 26.0 Å². The van der Waals surface area contributed by atoms with Gasteiger partial charge in [-0.1, -0.05) is 6.92 Å². The highest BCUT2D eigenvalue weighted by molar-refractivity contribution is 9.10. The van der Waals surface area contributed by atoms with Crippen molar-refractivity contribution in [3.8, 4) is 0 Å². The molecule has 6 heteroatoms. The van der Waals surface area contributed by atoms with Crippen molar-refractivity contribution in [2.75, 3.05) is 0 Å². The average Bonchev–Trinajstić information content (AvgIpc) is 2.86. The number of aromatic nitrogens is 4. The Hall–Kier alpha value is -1.43. The van der Waals surface area contributed by atoms with Crippen LogP contribution in [0.1, 0.15) is 29.5 Å². The number of imidazole rings is 1. The summed E-state index contributed by atoms with van der Waals surface area (Å²) in [7, 11) is 1.84. The summed E-state index contributed by atoms with van der Waals surface area (Å²) in [6.07, 6.45) is 5.89. The first-order chi connectivity index (χ1) is 8.13. The first-order valence-electron chi connectivity index (χ1n) is 5.37. The average molecular weight is 297 g/mol. The van der Waals surface area contributed by atoms with E-state index in [-0.39, 0.29) is 5.78 Å². The van der Waals surface area contributed by atoms with E-state index in [4.69, 9.17) is 0 Å². The maximum atomic E-state index is 12.3. The lowest BCUT2D eigenvalue weighted by Gasteiger charge is -2.04. The number of nitrogens with zero attached hydrogens (tertiary/aromatic N) is 4. The van der Waals surface area contributed by atoms with Gasteiger partial charge in [0, 0.05) is 19.8 Å². The fourth-order valence-corrected chi connectivity index (χ4v) is 2.10. The summed E-state index contributed by atoms with van der Waals surface area (Å²) in [5.41, 5.74) is 0.997. The molecule has 90 valence electrons. The van der Waals surface area contributed by atoms with E-state index in [1.807, 2.05) is 14.0 Å². The number of carbonyl (C=O) groups is 1. The molecule has 0 amide bonds. The second-order valence-electron chi connectivity index (χ2n) is 3.82. The van der Waals surface area contributed by atoms with Crippen molar-refractivity contribution in [2.24, 2.45) is 7.05 Å². The first-order valence-corrected chi connectivity index (χ1v) is 6.16. The monoisotopic (exact) mass is 296 g/mol. The molecule has 0 aromatic carbocycles. The number of carbonyl (C=O) groups excluding carboxylic acids is 1. The van der Waals surface area contributed by atoms with Crippen LogP contribution in [0.2, 0.25) is 0 Å². The maximum absolute atomic E-state index is 12.3. The summed E-state index contributed by atoms with van der Waals surface area (Å²) >= 11 is 3.35. The highest BCUT2D eigenvalue weighted by Gasteiger charge is 2.20. The van der Waals surface area contributed by atoms with Gasteiger partial charge >= 0.3 is 0 Å². The third-order valence-electron chi connectivity index (χ3n) is 2.38. The van der Waals surface area contributed by atoms with Crippen molar-refractivity contribution in [3.63, 3.8) is 0 Å². The number of ketones is 1. The van der Waals surface area contributed by atoms with E-state index in [0.717, 1.165) is 13.0 Å². The molecule has 0 atom stereocenters. The van der Waals surface area contributed by atoms with Crippen molar-refractivity contribution in [3.05, 3.63) is 34.6 Å². The molecule has 2 aromatic heterocycles. The first kappa shape index (κ1) is 12.0. The summed E-state index contributed by atoms with van der Waals surface area (Å²) in [6, 6.07) is 0. The largest absolute Gasteiger partial charge is 0.340 e. The van der Waals surface area contributed by atoms with Gasteiger partial charge in [0.1, 0.15) is 11.4 Å². The van der Waals surface area contributed by atoms with Gasteiger partial charge in [0.15, 0.2) is 0 Å². The van der Waals surface area contributed by atoms with Crippen molar-refractivity contribution < 1.29 is 4.79 Å². The van der Waals surface area contributed by atoms with Crippen LogP contribution in [0.15, 0.2) is 23.2 Å². The molecule has 0 N–H and O–H groups in total. The second kappa shape index (κ2) is 4.83. The van der Waals surface area contributed by atoms with E-state index in [1.54, 1.807) is 28.0 Å². The number of hydrogen-bond acceptors (Lipinski definition) is 3. The number of rotatable bonds is 4. The zero-order chi connectivity index (χ0) is 12.4. The zero-order valence-electron chi connectivity index (χ0n) is 9.72. The van der Waals surface area contributed by atoms with Crippen LogP contribution < -0.4 is 0 Å². The van der Waals surface area contributed by atoms with Gasteiger partial charge in [-0.2, -0.15) is 5.10 Å². The Labute approximate surface area is 108 Å². The minimum atomic E-state index is -0.108. The molecule has 0 saturated heterocycles. The van der Waals surface area contributed by atoms with Gasteiger partial charge in [0.05, 0.1) is 17.0 Å². The normalized spacial score (nSPS) is 10.8. The predicted molar refractivity (Wildman–Crippen MR) is 66.9 cm³/mol. The molecular weight excluding hydrogens is 284 g/mol. The molecule has 0 aliphatic carbocycles. The molecular formula is C11H13BrN4O. The van der Waals surface area contributed by atoms with Gasteiger partial charge in [0.2, 0.25) is 5.78 Å². The van der Waals surface area contributed by atoms with Crippen molar-refractivity contribution in [1.82, 2.24) is 19.3 Å². The summed E-state index contributed by atoms with van der Waals surface area (Å²) in [5.74, 6) is -0.108. The van der Waals surface area contributed by atoms with Crippen LogP contribution in [0.4, 0.5) is 0 Å². The Morgan fingerprint density at radius 2 is 2.29 bits per heavy atom. The molecule has 0 saturated carbocycles. The minimum Gasteiger partial charge on any atom is -0.340 e. The van der Waals surface area contributed by atoms with Gasteiger partial charge in [-0.05, 0) is 22.4 Å². The van der Waals surface area contributed by atoms with Crippen molar-refractivity contribution >= 4 is 21.7 Å². The molecule has 0 aliphatic rings. The van der Waals surface area contributed by atoms with Gasteiger partial charge in [-0.15, -0.1) is 0 Å². The van der Waals surface area contributed by atoms with E-state index in [1.165, 1.54) is 0 Å². The summed E-state index contributed by atoms with van der Waals surface area (Å²) in [6.45, 7) is 2.77. The van der Waals surface area contributed by atoms with Crippen LogP contribution in [-0.4, -0.2) is 25.1 Å². The third kappa shape index (κ3) is 2.31. The Bertz CT molecular complexity index is 543. The fraction of sp³-hybridized carbons (Fsp3) is 0.364. The summed E-state index contributed by atoms with van der Waals surface area (Å²) in [5, 5.41) is 4.17. The van der Waals surface area contributed by atoms with Gasteiger partial charge in [0.25, 0.3) is 0 Å². The molecule has 0 bridgehead atoms. The number of halogens is 1. The molecule has 0 unspecified atom stereocenters. The Morgan fingerprint density at radius 1 is 1.53 bits per heavy atom. The van der Waals surface area contributed by atoms with Crippen LogP contribution in [0, 0.1) is 0 Å². The van der Waals surface area contributed by atoms with Gasteiger partial charge in [-0.3, -0.25) is 9.48 Å². The van der Waals surface area contributed by atoms with Crippen LogP contribution in [0.3, 0.4) is 0 Å². The van der Waals surface area contributed by atoms with Gasteiger partial charge in [-0.25, -0.2) is 4.98 Å². The lowest BCUT2D eigenvalue weighted by atomic mass is 10.2. The molecule has 2 rings (SSSR count). The highest BCUT2D eigenvalue weighted by Crippen LogP contribution is 2.19. The second-order valence-corrected chi connectivity index (χ2v) is 4.67. The summed E-state index contributed by atoms with van der Waals surface area (Å²) < 4.78 is 4.17. The highest BCUT2D eigenvalue weighted by atomic mass is 79.9. The fourth-order valence-electron chi connectivity index (χ4n) is 1.62. The van der Waals surface area contributed by atoms with Crippen molar-refractivity contribution in [2.45, 2.75) is 19.9 Å². The molecule has 2 aromatic rings. The Morgan fingerprint density at radius 3 is 2.88 bits per heavy atom. The van der Waals surface area contributed by atoms with E-state index < -0.39 is 0 Å².